The van der Waals surface area contributed by atoms with Crippen LogP contribution >= 0.6 is 11.3 Å². The molecule has 0 amide bonds. The van der Waals surface area contributed by atoms with E-state index >= 15 is 0 Å². The number of aromatic nitrogens is 4. The molecule has 3 N–H and O–H groups in total. The molecular weight excluding hydrogens is 348 g/mol. The molecule has 0 aliphatic carbocycles. The number of Topliss-reactive ketones (excluding diaryl/α,β-unsaturated/α-hetero) is 1. The Balaban J connectivity index is 1.51. The van der Waals surface area contributed by atoms with E-state index in [-0.39, 0.29) is 11.5 Å². The lowest BCUT2D eigenvalue weighted by atomic mass is 10.0. The number of nitrogens with one attached hydrogen (secondary N) is 2. The summed E-state index contributed by atoms with van der Waals surface area (Å²) in [6.45, 7) is 0. The molecule has 4 aromatic rings. The Morgan fingerprint density at radius 2 is 2.15 bits per heavy atom. The van der Waals surface area contributed by atoms with Gasteiger partial charge in [-0.25, -0.2) is 9.97 Å². The number of carbonyl (C=O) groups excluding carboxylic acids is 1. The van der Waals surface area contributed by atoms with Gasteiger partial charge in [0.15, 0.2) is 5.78 Å². The van der Waals surface area contributed by atoms with E-state index in [0.717, 1.165) is 30.0 Å². The van der Waals surface area contributed by atoms with E-state index in [4.69, 9.17) is 0 Å². The first-order chi connectivity index (χ1) is 12.7. The van der Waals surface area contributed by atoms with Crippen LogP contribution in [-0.4, -0.2) is 30.8 Å². The highest BCUT2D eigenvalue weighted by atomic mass is 32.1. The molecule has 7 heteroatoms. The molecule has 132 valence electrons. The molecule has 26 heavy (non-hydrogen) atoms. The quantitative estimate of drug-likeness (QED) is 0.335. The van der Waals surface area contributed by atoms with Crippen LogP contribution in [0, 0.1) is 0 Å². The summed E-state index contributed by atoms with van der Waals surface area (Å²) in [4.78, 5) is 28.6. The molecule has 0 unspecified atom stereocenters. The Labute approximate surface area is 154 Å². The van der Waals surface area contributed by atoms with Crippen LogP contribution in [0.1, 0.15) is 35.4 Å². The van der Waals surface area contributed by atoms with Crippen LogP contribution in [0.3, 0.4) is 0 Å². The zero-order valence-corrected chi connectivity index (χ0v) is 14.8. The molecule has 1 aromatic carbocycles. The van der Waals surface area contributed by atoms with Crippen LogP contribution in [0.5, 0.6) is 5.75 Å². The van der Waals surface area contributed by atoms with Crippen molar-refractivity contribution in [2.75, 3.05) is 0 Å². The van der Waals surface area contributed by atoms with Gasteiger partial charge in [0.1, 0.15) is 28.4 Å². The van der Waals surface area contributed by atoms with E-state index in [9.17, 15) is 9.90 Å². The number of nitrogens with zero attached hydrogens (tertiary/aromatic N) is 2. The van der Waals surface area contributed by atoms with Crippen molar-refractivity contribution >= 4 is 28.2 Å². The lowest BCUT2D eigenvalue weighted by molar-refractivity contribution is 0.0981. The molecule has 0 radical (unpaired) electrons. The van der Waals surface area contributed by atoms with Crippen LogP contribution in [0.15, 0.2) is 42.0 Å². The van der Waals surface area contributed by atoms with Crippen LogP contribution in [0.4, 0.5) is 0 Å². The van der Waals surface area contributed by atoms with E-state index in [1.54, 1.807) is 35.9 Å². The van der Waals surface area contributed by atoms with Gasteiger partial charge in [-0.05, 0) is 36.4 Å². The smallest absolute Gasteiger partial charge is 0.165 e. The Morgan fingerprint density at radius 3 is 2.92 bits per heavy atom. The minimum absolute atomic E-state index is 0.0404. The van der Waals surface area contributed by atoms with Gasteiger partial charge in [0.25, 0.3) is 0 Å². The monoisotopic (exact) mass is 366 g/mol. The number of rotatable bonds is 7. The molecule has 0 bridgehead atoms. The fraction of sp³-hybridized carbons (Fsp3) is 0.211. The standard InChI is InChI=1S/C19H18N4O2S/c24-13(4-1-2-6-16-20-9-10-21-16)12-7-8-14(25)18-17(12)22-19(23-18)15-5-3-11-26-15/h3,5,7-11,25H,1-2,4,6H2,(H,20,21)(H,22,23). The molecule has 0 atom stereocenters. The lowest BCUT2D eigenvalue weighted by Gasteiger charge is -2.03. The van der Waals surface area contributed by atoms with Gasteiger partial charge in [-0.15, -0.1) is 11.3 Å². The maximum atomic E-state index is 12.7. The maximum absolute atomic E-state index is 12.7. The minimum Gasteiger partial charge on any atom is -0.506 e. The third-order valence-corrected chi connectivity index (χ3v) is 5.18. The van der Waals surface area contributed by atoms with Crippen molar-refractivity contribution in [2.24, 2.45) is 0 Å². The second kappa shape index (κ2) is 7.13. The van der Waals surface area contributed by atoms with Gasteiger partial charge in [-0.2, -0.15) is 0 Å². The molecular formula is C19H18N4O2S. The SMILES string of the molecule is O=C(CCCCc1ncc[nH]1)c1ccc(O)c2[nH]c(-c3cccs3)nc12. The highest BCUT2D eigenvalue weighted by Crippen LogP contribution is 2.31. The Bertz CT molecular complexity index is 1020. The molecule has 0 aliphatic heterocycles. The fourth-order valence-electron chi connectivity index (χ4n) is 2.98. The van der Waals surface area contributed by atoms with E-state index in [2.05, 4.69) is 19.9 Å². The van der Waals surface area contributed by atoms with Gasteiger partial charge in [0, 0.05) is 30.8 Å². The van der Waals surface area contributed by atoms with Crippen LogP contribution in [0.25, 0.3) is 21.7 Å². The minimum atomic E-state index is 0.0404. The van der Waals surface area contributed by atoms with Crippen molar-refractivity contribution in [3.63, 3.8) is 0 Å². The highest BCUT2D eigenvalue weighted by Gasteiger charge is 2.17. The second-order valence-corrected chi connectivity index (χ2v) is 7.03. The van der Waals surface area contributed by atoms with Crippen LogP contribution in [0.2, 0.25) is 0 Å². The zero-order valence-electron chi connectivity index (χ0n) is 14.0. The molecule has 3 heterocycles. The number of unbranched alkanes of at least 4 members (excludes halogenated alkanes) is 1. The number of aromatic amines is 2. The zero-order chi connectivity index (χ0) is 17.9. The second-order valence-electron chi connectivity index (χ2n) is 6.08. The summed E-state index contributed by atoms with van der Waals surface area (Å²) in [6.07, 6.45) is 6.48. The first-order valence-electron chi connectivity index (χ1n) is 8.49. The number of phenols is 1. The Morgan fingerprint density at radius 1 is 1.23 bits per heavy atom. The first-order valence-corrected chi connectivity index (χ1v) is 9.37. The summed E-state index contributed by atoms with van der Waals surface area (Å²) in [5.74, 6) is 1.75. The average molecular weight is 366 g/mol. The number of carbonyl (C=O) groups is 1. The first kappa shape index (κ1) is 16.5. The van der Waals surface area contributed by atoms with Crippen molar-refractivity contribution in [1.29, 1.82) is 0 Å². The summed E-state index contributed by atoms with van der Waals surface area (Å²) in [5.41, 5.74) is 1.59. The predicted octanol–water partition coefficient (Wildman–Crippen LogP) is 4.32. The summed E-state index contributed by atoms with van der Waals surface area (Å²) in [5, 5.41) is 12.1. The number of benzene rings is 1. The van der Waals surface area contributed by atoms with E-state index < -0.39 is 0 Å². The number of aromatic hydroxyl groups is 1. The Hall–Kier alpha value is -2.93. The number of imidazole rings is 2. The van der Waals surface area contributed by atoms with Crippen molar-refractivity contribution in [2.45, 2.75) is 25.7 Å². The topological polar surface area (TPSA) is 94.7 Å². The molecule has 0 fully saturated rings. The van der Waals surface area contributed by atoms with Gasteiger partial charge in [0.05, 0.1) is 4.88 Å². The fourth-order valence-corrected chi connectivity index (χ4v) is 3.65. The van der Waals surface area contributed by atoms with Gasteiger partial charge in [0.2, 0.25) is 0 Å². The average Bonchev–Trinajstić information content (AvgIpc) is 3.39. The molecule has 0 aliphatic rings. The number of H-pyrrole nitrogens is 2. The number of aryl methyl sites for hydroxylation is 1. The third-order valence-electron chi connectivity index (χ3n) is 4.30. The van der Waals surface area contributed by atoms with E-state index in [1.807, 2.05) is 17.5 Å². The summed E-state index contributed by atoms with van der Waals surface area (Å²) < 4.78 is 0. The van der Waals surface area contributed by atoms with E-state index in [1.165, 1.54) is 0 Å². The molecule has 6 nitrogen and oxygen atoms in total. The number of hydrogen-bond donors (Lipinski definition) is 3. The lowest BCUT2D eigenvalue weighted by Crippen LogP contribution is -2.01. The number of hydrogen-bond acceptors (Lipinski definition) is 5. The third kappa shape index (κ3) is 3.25. The van der Waals surface area contributed by atoms with Crippen LogP contribution < -0.4 is 0 Å². The van der Waals surface area contributed by atoms with Gasteiger partial charge < -0.3 is 15.1 Å². The maximum Gasteiger partial charge on any atom is 0.165 e. The van der Waals surface area contributed by atoms with Crippen molar-refractivity contribution < 1.29 is 9.90 Å². The number of phenolic OH excluding ortho intramolecular Hbond substituents is 1. The molecule has 0 spiro atoms. The summed E-state index contributed by atoms with van der Waals surface area (Å²) in [6, 6.07) is 7.11. The molecule has 3 aromatic heterocycles. The van der Waals surface area contributed by atoms with Crippen molar-refractivity contribution in [3.05, 3.63) is 53.4 Å². The molecule has 4 rings (SSSR count). The Kier molecular flexibility index (Phi) is 4.53. The van der Waals surface area contributed by atoms with Crippen molar-refractivity contribution in [3.8, 4) is 16.5 Å². The van der Waals surface area contributed by atoms with Gasteiger partial charge in [-0.3, -0.25) is 4.79 Å². The predicted molar refractivity (Wildman–Crippen MR) is 102 cm³/mol. The number of ketones is 1. The highest BCUT2D eigenvalue weighted by molar-refractivity contribution is 7.13. The van der Waals surface area contributed by atoms with E-state index in [0.29, 0.717) is 28.8 Å². The summed E-state index contributed by atoms with van der Waals surface area (Å²) in [7, 11) is 0. The molecule has 0 saturated carbocycles. The van der Waals surface area contributed by atoms with Gasteiger partial charge >= 0.3 is 0 Å². The largest absolute Gasteiger partial charge is 0.506 e. The number of thiophene rings is 1. The molecule has 0 saturated heterocycles. The van der Waals surface area contributed by atoms with Crippen LogP contribution in [-0.2, 0) is 6.42 Å². The number of fused-ring (bicyclic) bond motifs is 1. The normalized spacial score (nSPS) is 11.2. The van der Waals surface area contributed by atoms with Crippen molar-refractivity contribution in [1.82, 2.24) is 19.9 Å². The summed E-state index contributed by atoms with van der Waals surface area (Å²) >= 11 is 1.56. The van der Waals surface area contributed by atoms with Gasteiger partial charge in [-0.1, -0.05) is 6.07 Å².